The van der Waals surface area contributed by atoms with Crippen LogP contribution in [0.25, 0.3) is 0 Å². The molecule has 2 N–H and O–H groups in total. The van der Waals surface area contributed by atoms with Crippen molar-refractivity contribution in [3.05, 3.63) is 53.6 Å². The number of rotatable bonds is 5. The van der Waals surface area contributed by atoms with E-state index in [0.29, 0.717) is 11.3 Å². The number of aryl methyl sites for hydroxylation is 1. The summed E-state index contributed by atoms with van der Waals surface area (Å²) in [4.78, 5) is 11.0. The maximum absolute atomic E-state index is 12.4. The summed E-state index contributed by atoms with van der Waals surface area (Å²) in [5.74, 6) is -0.564. The van der Waals surface area contributed by atoms with E-state index in [4.69, 9.17) is 9.84 Å². The fourth-order valence-corrected chi connectivity index (χ4v) is 3.25. The summed E-state index contributed by atoms with van der Waals surface area (Å²) in [5.41, 5.74) is 0.725. The topological polar surface area (TPSA) is 92.7 Å². The number of hydrogen-bond acceptors (Lipinski definition) is 4. The second-order valence-corrected chi connectivity index (χ2v) is 6.27. The zero-order chi connectivity index (χ0) is 16.3. The van der Waals surface area contributed by atoms with Crippen LogP contribution in [0, 0.1) is 6.92 Å². The molecular weight excluding hydrogens is 306 g/mol. The van der Waals surface area contributed by atoms with E-state index < -0.39 is 16.0 Å². The number of hydrogen-bond donors (Lipinski definition) is 2. The second-order valence-electron chi connectivity index (χ2n) is 4.62. The summed E-state index contributed by atoms with van der Waals surface area (Å²) < 4.78 is 32.2. The van der Waals surface area contributed by atoms with Crippen LogP contribution in [-0.2, 0) is 10.0 Å². The van der Waals surface area contributed by atoms with Crippen LogP contribution in [0.3, 0.4) is 0 Å². The maximum Gasteiger partial charge on any atom is 0.335 e. The molecule has 0 spiro atoms. The predicted octanol–water partition coefficient (Wildman–Crippen LogP) is 2.50. The molecule has 0 amide bonds. The van der Waals surface area contributed by atoms with E-state index in [1.54, 1.807) is 19.1 Å². The molecule has 0 radical (unpaired) electrons. The smallest absolute Gasteiger partial charge is 0.335 e. The Hall–Kier alpha value is -2.54. The third-order valence-electron chi connectivity index (χ3n) is 3.03. The first-order valence-electron chi connectivity index (χ1n) is 6.34. The van der Waals surface area contributed by atoms with Gasteiger partial charge in [0.2, 0.25) is 0 Å². The highest BCUT2D eigenvalue weighted by Gasteiger charge is 2.18. The van der Waals surface area contributed by atoms with E-state index in [9.17, 15) is 13.2 Å². The zero-order valence-corrected chi connectivity index (χ0v) is 12.8. The molecule has 0 saturated heterocycles. The molecule has 0 aromatic heterocycles. The number of aromatic carboxylic acids is 1. The monoisotopic (exact) mass is 321 g/mol. The highest BCUT2D eigenvalue weighted by Crippen LogP contribution is 2.23. The Morgan fingerprint density at radius 1 is 1.18 bits per heavy atom. The molecule has 2 rings (SSSR count). The van der Waals surface area contributed by atoms with Gasteiger partial charge < -0.3 is 9.84 Å². The summed E-state index contributed by atoms with van der Waals surface area (Å²) in [7, 11) is -2.31. The lowest BCUT2D eigenvalue weighted by Crippen LogP contribution is -2.14. The second kappa shape index (κ2) is 6.07. The average molecular weight is 321 g/mol. The standard InChI is InChI=1S/C15H15NO5S/c1-10-8-13(21-2)6-7-14(10)22(19,20)16-12-5-3-4-11(9-12)15(17)18/h3-9,16H,1-2H3,(H,17,18). The third-order valence-corrected chi connectivity index (χ3v) is 4.57. The van der Waals surface area contributed by atoms with Crippen LogP contribution >= 0.6 is 0 Å². The SMILES string of the molecule is COc1ccc(S(=O)(=O)Nc2cccc(C(=O)O)c2)c(C)c1. The largest absolute Gasteiger partial charge is 0.497 e. The van der Waals surface area contributed by atoms with Gasteiger partial charge in [0, 0.05) is 5.69 Å². The lowest BCUT2D eigenvalue weighted by Gasteiger charge is -2.11. The minimum atomic E-state index is -3.81. The van der Waals surface area contributed by atoms with Gasteiger partial charge in [-0.05, 0) is 48.9 Å². The number of anilines is 1. The molecular formula is C15H15NO5S. The molecule has 0 bridgehead atoms. The van der Waals surface area contributed by atoms with Gasteiger partial charge in [-0.1, -0.05) is 6.07 Å². The van der Waals surface area contributed by atoms with Crippen molar-refractivity contribution in [2.24, 2.45) is 0 Å². The van der Waals surface area contributed by atoms with E-state index in [2.05, 4.69) is 4.72 Å². The summed E-state index contributed by atoms with van der Waals surface area (Å²) in [6.45, 7) is 1.66. The summed E-state index contributed by atoms with van der Waals surface area (Å²) in [5, 5.41) is 8.94. The Kier molecular flexibility index (Phi) is 4.37. The maximum atomic E-state index is 12.4. The minimum absolute atomic E-state index is 0.00616. The van der Waals surface area contributed by atoms with Gasteiger partial charge in [-0.3, -0.25) is 4.72 Å². The van der Waals surface area contributed by atoms with E-state index in [0.717, 1.165) is 0 Å². The predicted molar refractivity (Wildman–Crippen MR) is 81.9 cm³/mol. The summed E-state index contributed by atoms with van der Waals surface area (Å²) in [6, 6.07) is 10.2. The molecule has 0 saturated carbocycles. The fourth-order valence-electron chi connectivity index (χ4n) is 1.98. The molecule has 0 atom stereocenters. The van der Waals surface area contributed by atoms with Crippen molar-refractivity contribution in [3.8, 4) is 5.75 Å². The van der Waals surface area contributed by atoms with Crippen molar-refractivity contribution in [2.45, 2.75) is 11.8 Å². The van der Waals surface area contributed by atoms with Crippen LogP contribution < -0.4 is 9.46 Å². The van der Waals surface area contributed by atoms with Crippen LogP contribution in [0.15, 0.2) is 47.4 Å². The molecule has 0 aliphatic rings. The average Bonchev–Trinajstić information content (AvgIpc) is 2.46. The van der Waals surface area contributed by atoms with E-state index in [-0.39, 0.29) is 16.1 Å². The van der Waals surface area contributed by atoms with Gasteiger partial charge in [-0.15, -0.1) is 0 Å². The van der Waals surface area contributed by atoms with Gasteiger partial charge >= 0.3 is 5.97 Å². The van der Waals surface area contributed by atoms with E-state index in [1.807, 2.05) is 0 Å². The van der Waals surface area contributed by atoms with Crippen molar-refractivity contribution in [3.63, 3.8) is 0 Å². The van der Waals surface area contributed by atoms with Crippen molar-refractivity contribution in [1.82, 2.24) is 0 Å². The molecule has 7 heteroatoms. The normalized spacial score (nSPS) is 11.0. The molecule has 0 aliphatic heterocycles. The fraction of sp³-hybridized carbons (Fsp3) is 0.133. The molecule has 2 aromatic rings. The number of benzene rings is 2. The summed E-state index contributed by atoms with van der Waals surface area (Å²) >= 11 is 0. The molecule has 0 heterocycles. The van der Waals surface area contributed by atoms with Crippen molar-refractivity contribution < 1.29 is 23.1 Å². The van der Waals surface area contributed by atoms with E-state index >= 15 is 0 Å². The van der Waals surface area contributed by atoms with Gasteiger partial charge in [0.25, 0.3) is 10.0 Å². The molecule has 0 aliphatic carbocycles. The van der Waals surface area contributed by atoms with Crippen molar-refractivity contribution >= 4 is 21.7 Å². The van der Waals surface area contributed by atoms with Gasteiger partial charge in [0.15, 0.2) is 0 Å². The minimum Gasteiger partial charge on any atom is -0.497 e. The van der Waals surface area contributed by atoms with Gasteiger partial charge in [-0.2, -0.15) is 0 Å². The Morgan fingerprint density at radius 2 is 1.91 bits per heavy atom. The number of ether oxygens (including phenoxy) is 1. The zero-order valence-electron chi connectivity index (χ0n) is 12.0. The van der Waals surface area contributed by atoms with E-state index in [1.165, 1.54) is 37.4 Å². The first kappa shape index (κ1) is 15.8. The first-order valence-corrected chi connectivity index (χ1v) is 7.82. The first-order chi connectivity index (χ1) is 10.3. The molecule has 116 valence electrons. The number of sulfonamides is 1. The number of nitrogens with one attached hydrogen (secondary N) is 1. The number of methoxy groups -OCH3 is 1. The van der Waals surface area contributed by atoms with Crippen LogP contribution in [-0.4, -0.2) is 26.6 Å². The number of carboxylic acids is 1. The third kappa shape index (κ3) is 3.37. The molecule has 0 fully saturated rings. The Balaban J connectivity index is 2.36. The van der Waals surface area contributed by atoms with Crippen molar-refractivity contribution in [1.29, 1.82) is 0 Å². The Labute approximate surface area is 128 Å². The van der Waals surface area contributed by atoms with Crippen LogP contribution in [0.2, 0.25) is 0 Å². The molecule has 0 unspecified atom stereocenters. The highest BCUT2D eigenvalue weighted by atomic mass is 32.2. The lowest BCUT2D eigenvalue weighted by atomic mass is 10.2. The number of carboxylic acid groups (broad SMARTS) is 1. The van der Waals surface area contributed by atoms with Gasteiger partial charge in [0.05, 0.1) is 17.6 Å². The molecule has 2 aromatic carbocycles. The number of carbonyl (C=O) groups is 1. The molecule has 22 heavy (non-hydrogen) atoms. The quantitative estimate of drug-likeness (QED) is 0.882. The van der Waals surface area contributed by atoms with Crippen LogP contribution in [0.1, 0.15) is 15.9 Å². The summed E-state index contributed by atoms with van der Waals surface area (Å²) in [6.07, 6.45) is 0. The van der Waals surface area contributed by atoms with Crippen LogP contribution in [0.5, 0.6) is 5.75 Å². The Morgan fingerprint density at radius 3 is 2.50 bits per heavy atom. The van der Waals surface area contributed by atoms with Gasteiger partial charge in [0.1, 0.15) is 5.75 Å². The Bertz CT molecular complexity index is 814. The lowest BCUT2D eigenvalue weighted by molar-refractivity contribution is 0.0697. The van der Waals surface area contributed by atoms with Gasteiger partial charge in [-0.25, -0.2) is 13.2 Å². The van der Waals surface area contributed by atoms with Crippen LogP contribution in [0.4, 0.5) is 5.69 Å². The molecule has 6 nitrogen and oxygen atoms in total. The highest BCUT2D eigenvalue weighted by molar-refractivity contribution is 7.92. The van der Waals surface area contributed by atoms with Crippen molar-refractivity contribution in [2.75, 3.05) is 11.8 Å².